The predicted molar refractivity (Wildman–Crippen MR) is 88.3 cm³/mol. The molecular weight excluding hydrogens is 306 g/mol. The number of hydrogen-bond acceptors (Lipinski definition) is 5. The molecule has 1 saturated heterocycles. The lowest BCUT2D eigenvalue weighted by atomic mass is 9.97. The summed E-state index contributed by atoms with van der Waals surface area (Å²) >= 11 is 0. The number of aryl methyl sites for hydroxylation is 2. The van der Waals surface area contributed by atoms with Crippen LogP contribution in [-0.2, 0) is 11.2 Å². The van der Waals surface area contributed by atoms with Crippen molar-refractivity contribution in [2.45, 2.75) is 64.8 Å². The number of piperidine rings is 1. The molecule has 0 aromatic carbocycles. The minimum Gasteiger partial charge on any atom is -0.339 e. The van der Waals surface area contributed by atoms with Crippen molar-refractivity contribution in [2.75, 3.05) is 6.54 Å². The van der Waals surface area contributed by atoms with Crippen molar-refractivity contribution in [3.63, 3.8) is 0 Å². The molecule has 0 saturated carbocycles. The Bertz CT molecular complexity index is 691. The summed E-state index contributed by atoms with van der Waals surface area (Å²) in [5.74, 6) is 1.60. The van der Waals surface area contributed by atoms with Crippen LogP contribution in [0.5, 0.6) is 0 Å². The van der Waals surface area contributed by atoms with Gasteiger partial charge in [-0.25, -0.2) is 0 Å². The van der Waals surface area contributed by atoms with Gasteiger partial charge in [0, 0.05) is 25.3 Å². The van der Waals surface area contributed by atoms with Crippen LogP contribution >= 0.6 is 0 Å². The van der Waals surface area contributed by atoms with Crippen molar-refractivity contribution in [3.8, 4) is 0 Å². The number of nitrogens with one attached hydrogen (secondary N) is 1. The summed E-state index contributed by atoms with van der Waals surface area (Å²) in [7, 11) is 0. The fourth-order valence-electron chi connectivity index (χ4n) is 3.19. The highest BCUT2D eigenvalue weighted by Gasteiger charge is 2.30. The van der Waals surface area contributed by atoms with E-state index < -0.39 is 0 Å². The summed E-state index contributed by atoms with van der Waals surface area (Å²) in [6.07, 6.45) is 5.86. The summed E-state index contributed by atoms with van der Waals surface area (Å²) in [6, 6.07) is 0.0997. The molecule has 0 aliphatic carbocycles. The van der Waals surface area contributed by atoms with Gasteiger partial charge in [0.15, 0.2) is 5.82 Å². The van der Waals surface area contributed by atoms with Crippen LogP contribution in [0, 0.1) is 6.92 Å². The quantitative estimate of drug-likeness (QED) is 0.910. The van der Waals surface area contributed by atoms with Gasteiger partial charge in [0.25, 0.3) is 0 Å². The Labute approximate surface area is 141 Å². The Hall–Kier alpha value is -2.18. The lowest BCUT2D eigenvalue weighted by molar-refractivity contribution is -0.135. The summed E-state index contributed by atoms with van der Waals surface area (Å²) < 4.78 is 5.23. The second-order valence-electron chi connectivity index (χ2n) is 6.77. The number of likely N-dealkylation sites (tertiary alicyclic amines) is 1. The van der Waals surface area contributed by atoms with E-state index in [1.807, 2.05) is 31.9 Å². The van der Waals surface area contributed by atoms with E-state index in [0.717, 1.165) is 37.1 Å². The Morgan fingerprint density at radius 3 is 2.96 bits per heavy atom. The third-order valence-electron chi connectivity index (χ3n) is 4.58. The van der Waals surface area contributed by atoms with Crippen molar-refractivity contribution in [1.29, 1.82) is 0 Å². The number of aromatic amines is 1. The second-order valence-corrected chi connectivity index (χ2v) is 6.77. The van der Waals surface area contributed by atoms with E-state index in [2.05, 4.69) is 20.3 Å². The summed E-state index contributed by atoms with van der Waals surface area (Å²) in [6.45, 7) is 6.86. The van der Waals surface area contributed by atoms with Crippen LogP contribution in [0.15, 0.2) is 10.7 Å². The van der Waals surface area contributed by atoms with Gasteiger partial charge >= 0.3 is 0 Å². The van der Waals surface area contributed by atoms with Crippen molar-refractivity contribution in [3.05, 3.63) is 29.2 Å². The second kappa shape index (κ2) is 7.15. The number of nitrogens with zero attached hydrogens (tertiary/aromatic N) is 4. The lowest BCUT2D eigenvalue weighted by Gasteiger charge is -2.35. The zero-order valence-corrected chi connectivity index (χ0v) is 14.6. The van der Waals surface area contributed by atoms with E-state index in [4.69, 9.17) is 4.52 Å². The Kier molecular flexibility index (Phi) is 4.97. The number of carbonyl (C=O) groups is 1. The van der Waals surface area contributed by atoms with Gasteiger partial charge in [-0.2, -0.15) is 10.1 Å². The van der Waals surface area contributed by atoms with Crippen LogP contribution in [-0.4, -0.2) is 37.7 Å². The van der Waals surface area contributed by atoms with Gasteiger partial charge < -0.3 is 9.42 Å². The molecule has 24 heavy (non-hydrogen) atoms. The summed E-state index contributed by atoms with van der Waals surface area (Å²) in [5.41, 5.74) is 2.17. The predicted octanol–water partition coefficient (Wildman–Crippen LogP) is 2.91. The SMILES string of the molecule is Cc1cn[nH]c1C1CCCCN1C(=O)CCc1nc(C(C)C)no1. The Morgan fingerprint density at radius 1 is 1.46 bits per heavy atom. The molecule has 7 heteroatoms. The maximum Gasteiger partial charge on any atom is 0.227 e. The number of hydrogen-bond donors (Lipinski definition) is 1. The zero-order valence-electron chi connectivity index (χ0n) is 14.6. The van der Waals surface area contributed by atoms with Crippen LogP contribution in [0.3, 0.4) is 0 Å². The molecule has 2 aromatic rings. The molecule has 0 bridgehead atoms. The van der Waals surface area contributed by atoms with Gasteiger partial charge in [0.2, 0.25) is 11.8 Å². The van der Waals surface area contributed by atoms with Crippen molar-refractivity contribution in [1.82, 2.24) is 25.2 Å². The zero-order chi connectivity index (χ0) is 17.1. The highest BCUT2D eigenvalue weighted by atomic mass is 16.5. The standard InChI is InChI=1S/C17H25N5O2/c1-11(2)17-19-14(24-21-17)7-8-15(23)22-9-5-4-6-13(22)16-12(3)10-18-20-16/h10-11,13H,4-9H2,1-3H3,(H,18,20). The van der Waals surface area contributed by atoms with Gasteiger partial charge in [0.1, 0.15) is 0 Å². The van der Waals surface area contributed by atoms with Crippen molar-refractivity contribution in [2.24, 2.45) is 0 Å². The average Bonchev–Trinajstić information content (AvgIpc) is 3.21. The van der Waals surface area contributed by atoms with E-state index in [9.17, 15) is 4.79 Å². The molecule has 1 N–H and O–H groups in total. The summed E-state index contributed by atoms with van der Waals surface area (Å²) in [5, 5.41) is 11.1. The molecule has 130 valence electrons. The van der Waals surface area contributed by atoms with E-state index in [0.29, 0.717) is 24.6 Å². The van der Waals surface area contributed by atoms with E-state index >= 15 is 0 Å². The normalized spacial score (nSPS) is 18.3. The molecule has 1 aliphatic heterocycles. The monoisotopic (exact) mass is 331 g/mol. The third-order valence-corrected chi connectivity index (χ3v) is 4.58. The fraction of sp³-hybridized carbons (Fsp3) is 0.647. The highest BCUT2D eigenvalue weighted by Crippen LogP contribution is 2.31. The molecule has 3 heterocycles. The van der Waals surface area contributed by atoms with Crippen LogP contribution in [0.1, 0.15) is 74.5 Å². The van der Waals surface area contributed by atoms with Gasteiger partial charge in [-0.1, -0.05) is 19.0 Å². The van der Waals surface area contributed by atoms with Gasteiger partial charge in [-0.15, -0.1) is 0 Å². The van der Waals surface area contributed by atoms with Crippen LogP contribution in [0.4, 0.5) is 0 Å². The van der Waals surface area contributed by atoms with Crippen molar-refractivity contribution >= 4 is 5.91 Å². The number of rotatable bonds is 5. The maximum absolute atomic E-state index is 12.7. The largest absolute Gasteiger partial charge is 0.339 e. The molecule has 1 aliphatic rings. The Morgan fingerprint density at radius 2 is 2.29 bits per heavy atom. The maximum atomic E-state index is 12.7. The van der Waals surface area contributed by atoms with Crippen LogP contribution < -0.4 is 0 Å². The smallest absolute Gasteiger partial charge is 0.227 e. The first-order valence-corrected chi connectivity index (χ1v) is 8.68. The Balaban J connectivity index is 1.64. The van der Waals surface area contributed by atoms with Crippen molar-refractivity contribution < 1.29 is 9.32 Å². The number of H-pyrrole nitrogens is 1. The van der Waals surface area contributed by atoms with Crippen LogP contribution in [0.2, 0.25) is 0 Å². The molecule has 0 radical (unpaired) electrons. The number of amides is 1. The molecule has 1 unspecified atom stereocenters. The molecule has 2 aromatic heterocycles. The van der Waals surface area contributed by atoms with E-state index in [-0.39, 0.29) is 17.9 Å². The first-order valence-electron chi connectivity index (χ1n) is 8.68. The molecule has 1 amide bonds. The lowest BCUT2D eigenvalue weighted by Crippen LogP contribution is -2.39. The minimum absolute atomic E-state index is 0.0997. The summed E-state index contributed by atoms with van der Waals surface area (Å²) in [4.78, 5) is 19.1. The van der Waals surface area contributed by atoms with E-state index in [1.165, 1.54) is 0 Å². The fourth-order valence-corrected chi connectivity index (χ4v) is 3.19. The number of carbonyl (C=O) groups excluding carboxylic acids is 1. The first-order chi connectivity index (χ1) is 11.6. The average molecular weight is 331 g/mol. The number of aromatic nitrogens is 4. The molecule has 1 atom stereocenters. The highest BCUT2D eigenvalue weighted by molar-refractivity contribution is 5.77. The first kappa shape index (κ1) is 16.7. The molecule has 1 fully saturated rings. The molecule has 7 nitrogen and oxygen atoms in total. The third kappa shape index (κ3) is 3.49. The molecule has 0 spiro atoms. The topological polar surface area (TPSA) is 87.9 Å². The van der Waals surface area contributed by atoms with E-state index in [1.54, 1.807) is 0 Å². The molecule has 3 rings (SSSR count). The van der Waals surface area contributed by atoms with Gasteiger partial charge in [0.05, 0.1) is 17.9 Å². The minimum atomic E-state index is 0.0997. The van der Waals surface area contributed by atoms with Crippen LogP contribution in [0.25, 0.3) is 0 Å². The van der Waals surface area contributed by atoms with Gasteiger partial charge in [-0.05, 0) is 31.7 Å². The van der Waals surface area contributed by atoms with Gasteiger partial charge in [-0.3, -0.25) is 9.89 Å². The molecular formula is C17H25N5O2.